The molecule has 0 radical (unpaired) electrons. The van der Waals surface area contributed by atoms with Crippen LogP contribution in [0.4, 0.5) is 0 Å². The lowest BCUT2D eigenvalue weighted by atomic mass is 9.85. The Labute approximate surface area is 99.0 Å². The minimum Gasteiger partial charge on any atom is -0.295 e. The molecule has 3 nitrogen and oxygen atoms in total. The van der Waals surface area contributed by atoms with Crippen LogP contribution in [0.5, 0.6) is 0 Å². The largest absolute Gasteiger partial charge is 0.295 e. The standard InChI is InChI=1S/C13H25NO2/c1-10(2)11-6-13(8-15-16-9-13)7-14(11)12(3,4)5/h10-11H,6-9H2,1-5H3. The van der Waals surface area contributed by atoms with Crippen molar-refractivity contribution in [3.8, 4) is 0 Å². The average molecular weight is 227 g/mol. The Kier molecular flexibility index (Phi) is 3.06. The Morgan fingerprint density at radius 1 is 1.19 bits per heavy atom. The van der Waals surface area contributed by atoms with Gasteiger partial charge in [0.25, 0.3) is 0 Å². The van der Waals surface area contributed by atoms with E-state index in [1.54, 1.807) is 0 Å². The molecule has 1 unspecified atom stereocenters. The van der Waals surface area contributed by atoms with Gasteiger partial charge in [-0.3, -0.25) is 4.90 Å². The first kappa shape index (κ1) is 12.3. The lowest BCUT2D eigenvalue weighted by Gasteiger charge is -2.39. The van der Waals surface area contributed by atoms with E-state index in [1.165, 1.54) is 6.42 Å². The summed E-state index contributed by atoms with van der Waals surface area (Å²) in [7, 11) is 0. The van der Waals surface area contributed by atoms with Crippen LogP contribution >= 0.6 is 0 Å². The van der Waals surface area contributed by atoms with Crippen LogP contribution < -0.4 is 0 Å². The second-order valence-electron chi connectivity index (χ2n) is 6.84. The normalized spacial score (nSPS) is 30.8. The Hall–Kier alpha value is -0.120. The van der Waals surface area contributed by atoms with Gasteiger partial charge in [-0.1, -0.05) is 13.8 Å². The van der Waals surface area contributed by atoms with E-state index < -0.39 is 0 Å². The molecule has 2 fully saturated rings. The van der Waals surface area contributed by atoms with Crippen LogP contribution in [0.2, 0.25) is 0 Å². The lowest BCUT2D eigenvalue weighted by molar-refractivity contribution is -0.248. The van der Waals surface area contributed by atoms with E-state index in [4.69, 9.17) is 9.78 Å². The Bertz CT molecular complexity index is 251. The molecule has 3 heteroatoms. The van der Waals surface area contributed by atoms with Crippen molar-refractivity contribution in [2.24, 2.45) is 11.3 Å². The number of rotatable bonds is 1. The molecule has 0 saturated carbocycles. The van der Waals surface area contributed by atoms with E-state index in [0.717, 1.165) is 19.8 Å². The first-order valence-electron chi connectivity index (χ1n) is 6.35. The number of likely N-dealkylation sites (tertiary alicyclic amines) is 1. The van der Waals surface area contributed by atoms with E-state index in [1.807, 2.05) is 0 Å². The van der Waals surface area contributed by atoms with Crippen molar-refractivity contribution in [3.63, 3.8) is 0 Å². The van der Waals surface area contributed by atoms with Gasteiger partial charge in [-0.2, -0.15) is 0 Å². The van der Waals surface area contributed by atoms with E-state index in [0.29, 0.717) is 12.0 Å². The van der Waals surface area contributed by atoms with Crippen LogP contribution in [0, 0.1) is 11.3 Å². The monoisotopic (exact) mass is 227 g/mol. The van der Waals surface area contributed by atoms with Gasteiger partial charge in [-0.15, -0.1) is 0 Å². The van der Waals surface area contributed by atoms with Gasteiger partial charge in [0.15, 0.2) is 0 Å². The molecule has 2 rings (SSSR count). The van der Waals surface area contributed by atoms with Crippen molar-refractivity contribution in [1.82, 2.24) is 4.90 Å². The molecule has 2 heterocycles. The zero-order valence-electron chi connectivity index (χ0n) is 11.2. The molecule has 2 saturated heterocycles. The summed E-state index contributed by atoms with van der Waals surface area (Å²) in [5.74, 6) is 0.694. The second-order valence-corrected chi connectivity index (χ2v) is 6.84. The molecule has 1 atom stereocenters. The minimum atomic E-state index is 0.237. The number of hydrogen-bond acceptors (Lipinski definition) is 3. The highest BCUT2D eigenvalue weighted by atomic mass is 17.2. The van der Waals surface area contributed by atoms with E-state index in [9.17, 15) is 0 Å². The SMILES string of the molecule is CC(C)C1CC2(COOC2)CN1C(C)(C)C. The van der Waals surface area contributed by atoms with Crippen molar-refractivity contribution >= 4 is 0 Å². The van der Waals surface area contributed by atoms with Crippen molar-refractivity contribution in [2.75, 3.05) is 19.8 Å². The summed E-state index contributed by atoms with van der Waals surface area (Å²) in [6.07, 6.45) is 1.21. The summed E-state index contributed by atoms with van der Waals surface area (Å²) in [6, 6.07) is 0.658. The average Bonchev–Trinajstić information content (AvgIpc) is 2.73. The molecular formula is C13H25NO2. The third-order valence-electron chi connectivity index (χ3n) is 3.99. The lowest BCUT2D eigenvalue weighted by Crippen LogP contribution is -2.47. The van der Waals surface area contributed by atoms with Gasteiger partial charge < -0.3 is 0 Å². The summed E-state index contributed by atoms with van der Waals surface area (Å²) in [5.41, 5.74) is 0.489. The highest BCUT2D eigenvalue weighted by Crippen LogP contribution is 2.43. The molecule has 2 aliphatic heterocycles. The molecule has 0 amide bonds. The fourth-order valence-corrected chi connectivity index (χ4v) is 3.01. The molecule has 16 heavy (non-hydrogen) atoms. The van der Waals surface area contributed by atoms with E-state index in [2.05, 4.69) is 39.5 Å². The summed E-state index contributed by atoms with van der Waals surface area (Å²) in [6.45, 7) is 14.2. The highest BCUT2D eigenvalue weighted by Gasteiger charge is 2.50. The van der Waals surface area contributed by atoms with Crippen LogP contribution in [0.3, 0.4) is 0 Å². The van der Waals surface area contributed by atoms with Crippen LogP contribution in [0.1, 0.15) is 41.0 Å². The van der Waals surface area contributed by atoms with E-state index >= 15 is 0 Å². The first-order valence-corrected chi connectivity index (χ1v) is 6.35. The number of nitrogens with zero attached hydrogens (tertiary/aromatic N) is 1. The topological polar surface area (TPSA) is 21.7 Å². The van der Waals surface area contributed by atoms with Crippen molar-refractivity contribution in [1.29, 1.82) is 0 Å². The molecule has 1 spiro atoms. The van der Waals surface area contributed by atoms with Gasteiger partial charge >= 0.3 is 0 Å². The van der Waals surface area contributed by atoms with Crippen LogP contribution in [0.15, 0.2) is 0 Å². The Morgan fingerprint density at radius 3 is 2.12 bits per heavy atom. The molecule has 0 aliphatic carbocycles. The second kappa shape index (κ2) is 3.97. The minimum absolute atomic E-state index is 0.237. The molecular weight excluding hydrogens is 202 g/mol. The fourth-order valence-electron chi connectivity index (χ4n) is 3.01. The van der Waals surface area contributed by atoms with Gasteiger partial charge in [0.2, 0.25) is 0 Å². The fraction of sp³-hybridized carbons (Fsp3) is 1.00. The predicted molar refractivity (Wildman–Crippen MR) is 64.0 cm³/mol. The predicted octanol–water partition coefficient (Wildman–Crippen LogP) is 2.46. The Morgan fingerprint density at radius 2 is 1.75 bits per heavy atom. The quantitative estimate of drug-likeness (QED) is 0.642. The van der Waals surface area contributed by atoms with Crippen LogP contribution in [-0.4, -0.2) is 36.2 Å². The molecule has 0 aromatic rings. The maximum absolute atomic E-state index is 5.14. The third-order valence-corrected chi connectivity index (χ3v) is 3.99. The van der Waals surface area contributed by atoms with Crippen LogP contribution in [0.25, 0.3) is 0 Å². The first-order chi connectivity index (χ1) is 7.34. The van der Waals surface area contributed by atoms with Crippen molar-refractivity contribution < 1.29 is 9.78 Å². The van der Waals surface area contributed by atoms with Crippen molar-refractivity contribution in [3.05, 3.63) is 0 Å². The summed E-state index contributed by atoms with van der Waals surface area (Å²) >= 11 is 0. The summed E-state index contributed by atoms with van der Waals surface area (Å²) < 4.78 is 0. The maximum Gasteiger partial charge on any atom is 0.0914 e. The maximum atomic E-state index is 5.14. The van der Waals surface area contributed by atoms with Gasteiger partial charge in [-0.25, -0.2) is 9.78 Å². The Balaban J connectivity index is 2.17. The summed E-state index contributed by atoms with van der Waals surface area (Å²) in [4.78, 5) is 12.9. The van der Waals surface area contributed by atoms with Crippen LogP contribution in [-0.2, 0) is 9.78 Å². The van der Waals surface area contributed by atoms with Gasteiger partial charge in [-0.05, 0) is 33.1 Å². The number of hydrogen-bond donors (Lipinski definition) is 0. The highest BCUT2D eigenvalue weighted by molar-refractivity contribution is 5.01. The molecule has 0 N–H and O–H groups in total. The smallest absolute Gasteiger partial charge is 0.0914 e. The van der Waals surface area contributed by atoms with Crippen molar-refractivity contribution in [2.45, 2.75) is 52.6 Å². The zero-order chi connectivity index (χ0) is 12.0. The molecule has 94 valence electrons. The molecule has 0 aromatic heterocycles. The zero-order valence-corrected chi connectivity index (χ0v) is 11.2. The van der Waals surface area contributed by atoms with Gasteiger partial charge in [0.1, 0.15) is 0 Å². The third kappa shape index (κ3) is 2.13. The summed E-state index contributed by atoms with van der Waals surface area (Å²) in [5, 5.41) is 0. The van der Waals surface area contributed by atoms with Gasteiger partial charge in [0, 0.05) is 23.5 Å². The molecule has 2 aliphatic rings. The molecule has 0 aromatic carbocycles. The van der Waals surface area contributed by atoms with E-state index in [-0.39, 0.29) is 11.0 Å². The molecule has 0 bridgehead atoms. The van der Waals surface area contributed by atoms with Gasteiger partial charge in [0.05, 0.1) is 13.2 Å².